The number of hydrogen-bond acceptors (Lipinski definition) is 2. The highest BCUT2D eigenvalue weighted by Gasteiger charge is 1.72. The van der Waals surface area contributed by atoms with Crippen LogP contribution >= 0.6 is 8.69 Å². The van der Waals surface area contributed by atoms with E-state index in [9.17, 15) is 0 Å². The summed E-state index contributed by atoms with van der Waals surface area (Å²) in [5, 5.41) is 0. The van der Waals surface area contributed by atoms with Gasteiger partial charge in [0, 0.05) is 5.69 Å². The van der Waals surface area contributed by atoms with E-state index in [-0.39, 0.29) is 0 Å². The van der Waals surface area contributed by atoms with Crippen LogP contribution in [0.5, 0.6) is 0 Å². The molecule has 0 aliphatic rings. The van der Waals surface area contributed by atoms with Crippen LogP contribution in [-0.2, 0) is 4.57 Å². The summed E-state index contributed by atoms with van der Waals surface area (Å²) in [5.41, 5.74) is 6.18. The molecule has 0 radical (unpaired) electrons. The molecule has 0 atom stereocenters. The van der Waals surface area contributed by atoms with Crippen LogP contribution in [-0.4, -0.2) is 4.89 Å². The molecule has 0 spiro atoms. The zero-order valence-corrected chi connectivity index (χ0v) is 6.16. The monoisotopic (exact) mass is 157 g/mol. The lowest BCUT2D eigenvalue weighted by Gasteiger charge is -1.83. The zero-order valence-electron chi connectivity index (χ0n) is 5.27. The number of nitrogen functional groups attached to an aromatic ring is 1. The number of anilines is 1. The van der Waals surface area contributed by atoms with Crippen LogP contribution in [0.1, 0.15) is 0 Å². The van der Waals surface area contributed by atoms with Crippen LogP contribution < -0.4 is 5.73 Å². The number of rotatable bonds is 0. The molecular weight excluding hydrogens is 149 g/mol. The first-order valence-electron chi connectivity index (χ1n) is 2.58. The van der Waals surface area contributed by atoms with E-state index in [2.05, 4.69) is 0 Å². The van der Waals surface area contributed by atoms with Crippen molar-refractivity contribution in [1.29, 1.82) is 0 Å². The summed E-state index contributed by atoms with van der Waals surface area (Å²) in [6.45, 7) is 0. The predicted octanol–water partition coefficient (Wildman–Crippen LogP) is 1.45. The van der Waals surface area contributed by atoms with Crippen molar-refractivity contribution in [1.82, 2.24) is 0 Å². The largest absolute Gasteiger partial charge is 0.399 e. The Morgan fingerprint density at radius 2 is 1.70 bits per heavy atom. The van der Waals surface area contributed by atoms with Gasteiger partial charge in [-0.15, -0.1) is 0 Å². The fraction of sp³-hybridized carbons (Fsp3) is 0. The molecule has 3 N–H and O–H groups in total. The minimum absolute atomic E-state index is 0.822. The van der Waals surface area contributed by atoms with E-state index < -0.39 is 8.69 Å². The molecule has 1 aromatic carbocycles. The molecule has 1 aromatic rings. The Morgan fingerprint density at radius 1 is 1.30 bits per heavy atom. The third-order valence-corrected chi connectivity index (χ3v) is 0.800. The second kappa shape index (κ2) is 6.20. The van der Waals surface area contributed by atoms with Crippen LogP contribution in [0, 0.1) is 0 Å². The topological polar surface area (TPSA) is 63.3 Å². The Bertz CT molecular complexity index is 178. The summed E-state index contributed by atoms with van der Waals surface area (Å²) in [4.78, 5) is 6.99. The van der Waals surface area contributed by atoms with Crippen molar-refractivity contribution in [2.24, 2.45) is 0 Å². The van der Waals surface area contributed by atoms with Gasteiger partial charge in [-0.2, -0.15) is 0 Å². The van der Waals surface area contributed by atoms with Crippen LogP contribution in [0.4, 0.5) is 5.69 Å². The van der Waals surface area contributed by atoms with E-state index >= 15 is 0 Å². The van der Waals surface area contributed by atoms with E-state index in [0.29, 0.717) is 0 Å². The maximum Gasteiger partial charge on any atom is 0.324 e. The quantitative estimate of drug-likeness (QED) is 0.442. The normalized spacial score (nSPS) is 8.10. The summed E-state index contributed by atoms with van der Waals surface area (Å²) < 4.78 is 8.46. The van der Waals surface area contributed by atoms with Crippen molar-refractivity contribution < 1.29 is 9.46 Å². The van der Waals surface area contributed by atoms with Gasteiger partial charge in [-0.25, -0.2) is 4.57 Å². The molecule has 0 fully saturated rings. The molecule has 0 saturated heterocycles. The average molecular weight is 157 g/mol. The third-order valence-electron chi connectivity index (χ3n) is 0.800. The first kappa shape index (κ1) is 9.08. The second-order valence-electron chi connectivity index (χ2n) is 1.49. The van der Waals surface area contributed by atoms with Gasteiger partial charge in [-0.3, -0.25) is 0 Å². The molecule has 0 unspecified atom stereocenters. The molecule has 54 valence electrons. The molecule has 3 nitrogen and oxygen atoms in total. The van der Waals surface area contributed by atoms with Gasteiger partial charge in [-0.1, -0.05) is 18.2 Å². The molecule has 0 amide bonds. The van der Waals surface area contributed by atoms with Crippen molar-refractivity contribution in [2.45, 2.75) is 0 Å². The highest BCUT2D eigenvalue weighted by molar-refractivity contribution is 7.16. The fourth-order valence-corrected chi connectivity index (χ4v) is 0.453. The fourth-order valence-electron chi connectivity index (χ4n) is 0.453. The van der Waals surface area contributed by atoms with Gasteiger partial charge in [0.25, 0.3) is 0 Å². The number of nitrogens with two attached hydrogens (primary N) is 1. The summed E-state index contributed by atoms with van der Waals surface area (Å²) in [6, 6.07) is 9.49. The summed E-state index contributed by atoms with van der Waals surface area (Å²) >= 11 is 0. The summed E-state index contributed by atoms with van der Waals surface area (Å²) in [5.74, 6) is 0. The highest BCUT2D eigenvalue weighted by atomic mass is 31.1. The van der Waals surface area contributed by atoms with Gasteiger partial charge in [0.15, 0.2) is 0 Å². The van der Waals surface area contributed by atoms with Crippen molar-refractivity contribution in [3.8, 4) is 0 Å². The van der Waals surface area contributed by atoms with E-state index in [0.717, 1.165) is 5.69 Å². The molecule has 0 aromatic heterocycles. The summed E-state index contributed by atoms with van der Waals surface area (Å²) in [6.07, 6.45) is 0. The number of benzene rings is 1. The van der Waals surface area contributed by atoms with E-state index in [4.69, 9.17) is 15.2 Å². The molecule has 0 aliphatic heterocycles. The minimum Gasteiger partial charge on any atom is -0.399 e. The Kier molecular flexibility index (Phi) is 5.63. The standard InChI is InChI=1S/C6H7N.HO2P/c7-6-4-2-1-3-5-6;1-3-2/h1-5H,7H2;(H,1,2). The van der Waals surface area contributed by atoms with Crippen molar-refractivity contribution >= 4 is 14.4 Å². The maximum atomic E-state index is 8.46. The Labute approximate surface area is 60.8 Å². The van der Waals surface area contributed by atoms with Crippen LogP contribution in [0.2, 0.25) is 0 Å². The molecule has 0 heterocycles. The van der Waals surface area contributed by atoms with Gasteiger partial charge in [-0.05, 0) is 12.1 Å². The van der Waals surface area contributed by atoms with Crippen LogP contribution in [0.3, 0.4) is 0 Å². The van der Waals surface area contributed by atoms with Gasteiger partial charge >= 0.3 is 8.69 Å². The van der Waals surface area contributed by atoms with Gasteiger partial charge in [0.05, 0.1) is 0 Å². The lowest BCUT2D eigenvalue weighted by atomic mass is 10.3. The molecule has 0 bridgehead atoms. The first-order valence-corrected chi connectivity index (χ1v) is 3.35. The van der Waals surface area contributed by atoms with Crippen molar-refractivity contribution in [3.05, 3.63) is 30.3 Å². The molecule has 10 heavy (non-hydrogen) atoms. The first-order chi connectivity index (χ1) is 4.81. The second-order valence-corrected chi connectivity index (χ2v) is 1.66. The summed E-state index contributed by atoms with van der Waals surface area (Å²) in [7, 11) is -0.833. The molecule has 0 aliphatic carbocycles. The van der Waals surface area contributed by atoms with Crippen molar-refractivity contribution in [3.63, 3.8) is 0 Å². The zero-order chi connectivity index (χ0) is 7.82. The highest BCUT2D eigenvalue weighted by Crippen LogP contribution is 1.95. The maximum absolute atomic E-state index is 8.46. The van der Waals surface area contributed by atoms with Gasteiger partial charge < -0.3 is 10.6 Å². The molecule has 4 heteroatoms. The Balaban J connectivity index is 0.000000236. The average Bonchev–Trinajstić information content (AvgIpc) is 1.91. The van der Waals surface area contributed by atoms with E-state index in [1.54, 1.807) is 0 Å². The number of para-hydroxylation sites is 1. The van der Waals surface area contributed by atoms with Crippen LogP contribution in [0.15, 0.2) is 30.3 Å². The van der Waals surface area contributed by atoms with E-state index in [1.807, 2.05) is 30.3 Å². The van der Waals surface area contributed by atoms with Crippen LogP contribution in [0.25, 0.3) is 0 Å². The Morgan fingerprint density at radius 3 is 1.90 bits per heavy atom. The van der Waals surface area contributed by atoms with Gasteiger partial charge in [0.2, 0.25) is 0 Å². The lowest BCUT2D eigenvalue weighted by Crippen LogP contribution is -1.79. The minimum atomic E-state index is -0.833. The SMILES string of the molecule is Nc1ccccc1.O=PO. The predicted molar refractivity (Wildman–Crippen MR) is 40.7 cm³/mol. The van der Waals surface area contributed by atoms with E-state index in [1.165, 1.54) is 0 Å². The smallest absolute Gasteiger partial charge is 0.324 e. The van der Waals surface area contributed by atoms with Gasteiger partial charge in [0.1, 0.15) is 0 Å². The lowest BCUT2D eigenvalue weighted by molar-refractivity contribution is 0.524. The molecular formula is C6H8NO2P. The molecule has 1 rings (SSSR count). The van der Waals surface area contributed by atoms with Crippen molar-refractivity contribution in [2.75, 3.05) is 5.73 Å². The third kappa shape index (κ3) is 5.22. The molecule has 0 saturated carbocycles. The number of hydrogen-bond donors (Lipinski definition) is 2. The Hall–Kier alpha value is -0.920.